The lowest BCUT2D eigenvalue weighted by atomic mass is 10.4. The van der Waals surface area contributed by atoms with Crippen LogP contribution in [0.3, 0.4) is 0 Å². The van der Waals surface area contributed by atoms with Crippen molar-refractivity contribution in [3.05, 3.63) is 0 Å². The van der Waals surface area contributed by atoms with Gasteiger partial charge in [-0.1, -0.05) is 12.8 Å². The number of hydrogen-bond donors (Lipinski definition) is 0. The molecule has 0 aromatic rings. The smallest absolute Gasteiger partial charge is 0.424 e. The topological polar surface area (TPSA) is 54.0 Å². The fourth-order valence-corrected chi connectivity index (χ4v) is 4.30. The molecule has 0 aliphatic rings. The van der Waals surface area contributed by atoms with Gasteiger partial charge in [0.2, 0.25) is 0 Å². The van der Waals surface area contributed by atoms with E-state index in [9.17, 15) is 4.57 Å². The van der Waals surface area contributed by atoms with Crippen molar-refractivity contribution in [3.63, 3.8) is 0 Å². The van der Waals surface area contributed by atoms with E-state index in [0.29, 0.717) is 13.2 Å². The van der Waals surface area contributed by atoms with E-state index in [2.05, 4.69) is 0 Å². The summed E-state index contributed by atoms with van der Waals surface area (Å²) in [5.41, 5.74) is 0. The van der Waals surface area contributed by atoms with Gasteiger partial charge < -0.3 is 8.85 Å². The zero-order valence-electron chi connectivity index (χ0n) is 13.0. The SMILES string of the molecule is CCO[SiH2]CCCCO[P+](=O)OCCCC[SiH2]OCC. The van der Waals surface area contributed by atoms with Crippen LogP contribution < -0.4 is 0 Å². The highest BCUT2D eigenvalue weighted by molar-refractivity contribution is 7.33. The van der Waals surface area contributed by atoms with Crippen molar-refractivity contribution in [1.29, 1.82) is 0 Å². The van der Waals surface area contributed by atoms with Crippen molar-refractivity contribution in [2.75, 3.05) is 26.4 Å². The molecule has 8 heteroatoms. The van der Waals surface area contributed by atoms with Crippen LogP contribution in [0.2, 0.25) is 12.1 Å². The Morgan fingerprint density at radius 1 is 0.800 bits per heavy atom. The minimum absolute atomic E-state index is 0.328. The average molecular weight is 342 g/mol. The largest absolute Gasteiger partial charge is 0.697 e. The molecular formula is C12H30O5PSi2+. The first kappa shape index (κ1) is 20.4. The van der Waals surface area contributed by atoms with E-state index < -0.39 is 8.25 Å². The molecule has 0 fully saturated rings. The molecule has 0 aromatic carbocycles. The molecule has 0 N–H and O–H groups in total. The van der Waals surface area contributed by atoms with Crippen molar-refractivity contribution < 1.29 is 22.5 Å². The molecule has 0 radical (unpaired) electrons. The molecule has 0 saturated heterocycles. The molecule has 0 spiro atoms. The highest BCUT2D eigenvalue weighted by Gasteiger charge is 2.18. The van der Waals surface area contributed by atoms with E-state index in [1.54, 1.807) is 0 Å². The standard InChI is InChI=1S/C12H30O5PSi2/c1-3-16-19-11-7-5-9-14-18(13)15-10-6-8-12-20-17-4-2/h3-12,19-20H2,1-2H3/q+1. The van der Waals surface area contributed by atoms with Gasteiger partial charge in [0, 0.05) is 17.8 Å². The van der Waals surface area contributed by atoms with Crippen LogP contribution in [0.1, 0.15) is 39.5 Å². The van der Waals surface area contributed by atoms with Crippen LogP contribution in [-0.4, -0.2) is 46.0 Å². The van der Waals surface area contributed by atoms with Crippen molar-refractivity contribution >= 4 is 27.8 Å². The van der Waals surface area contributed by atoms with E-state index in [1.807, 2.05) is 13.8 Å². The predicted octanol–water partition coefficient (Wildman–Crippen LogP) is 2.31. The average Bonchev–Trinajstić information content (AvgIpc) is 2.45. The van der Waals surface area contributed by atoms with Gasteiger partial charge in [-0.05, 0) is 38.8 Å². The van der Waals surface area contributed by atoms with Gasteiger partial charge in [-0.25, -0.2) is 0 Å². The van der Waals surface area contributed by atoms with Crippen LogP contribution in [0.15, 0.2) is 0 Å². The summed E-state index contributed by atoms with van der Waals surface area (Å²) in [6, 6.07) is 2.33. The van der Waals surface area contributed by atoms with E-state index >= 15 is 0 Å². The molecule has 5 nitrogen and oxygen atoms in total. The minimum Gasteiger partial charge on any atom is -0.424 e. The Hall–Kier alpha value is 0.374. The predicted molar refractivity (Wildman–Crippen MR) is 87.9 cm³/mol. The highest BCUT2D eigenvalue weighted by atomic mass is 31.1. The second kappa shape index (κ2) is 17.4. The second-order valence-electron chi connectivity index (χ2n) is 4.41. The lowest BCUT2D eigenvalue weighted by Crippen LogP contribution is -1.99. The lowest BCUT2D eigenvalue weighted by molar-refractivity contribution is 0.220. The molecule has 0 heterocycles. The first-order valence-corrected chi connectivity index (χ1v) is 11.9. The van der Waals surface area contributed by atoms with Gasteiger partial charge in [-0.3, -0.25) is 0 Å². The first-order chi connectivity index (χ1) is 9.81. The van der Waals surface area contributed by atoms with Gasteiger partial charge in [0.1, 0.15) is 13.2 Å². The Balaban J connectivity index is 3.13. The maximum atomic E-state index is 11.4. The maximum Gasteiger partial charge on any atom is 0.697 e. The third-order valence-corrected chi connectivity index (χ3v) is 6.43. The van der Waals surface area contributed by atoms with Gasteiger partial charge in [-0.15, -0.1) is 9.05 Å². The molecular weight excluding hydrogens is 311 g/mol. The van der Waals surface area contributed by atoms with Gasteiger partial charge in [-0.2, -0.15) is 0 Å². The summed E-state index contributed by atoms with van der Waals surface area (Å²) >= 11 is 0. The Labute approximate surface area is 128 Å². The van der Waals surface area contributed by atoms with Gasteiger partial charge in [0.05, 0.1) is 0 Å². The molecule has 0 aliphatic carbocycles. The molecule has 20 heavy (non-hydrogen) atoms. The maximum absolute atomic E-state index is 11.4. The van der Waals surface area contributed by atoms with Gasteiger partial charge in [0.25, 0.3) is 0 Å². The molecule has 0 atom stereocenters. The Bertz CT molecular complexity index is 202. The van der Waals surface area contributed by atoms with Crippen LogP contribution in [0.4, 0.5) is 0 Å². The van der Waals surface area contributed by atoms with Gasteiger partial charge in [0.15, 0.2) is 19.5 Å². The summed E-state index contributed by atoms with van der Waals surface area (Å²) in [4.78, 5) is 0. The van der Waals surface area contributed by atoms with Crippen LogP contribution in [0, 0.1) is 0 Å². The summed E-state index contributed by atoms with van der Waals surface area (Å²) in [6.07, 6.45) is 4.06. The van der Waals surface area contributed by atoms with E-state index in [4.69, 9.17) is 17.9 Å². The van der Waals surface area contributed by atoms with Crippen molar-refractivity contribution in [2.24, 2.45) is 0 Å². The van der Waals surface area contributed by atoms with Crippen molar-refractivity contribution in [1.82, 2.24) is 0 Å². The normalized spacial score (nSPS) is 13.0. The molecule has 0 saturated carbocycles. The van der Waals surface area contributed by atoms with E-state index in [0.717, 1.165) is 38.9 Å². The molecule has 0 rings (SSSR count). The fraction of sp³-hybridized carbons (Fsp3) is 1.00. The molecule has 120 valence electrons. The highest BCUT2D eigenvalue weighted by Crippen LogP contribution is 2.24. The van der Waals surface area contributed by atoms with E-state index in [1.165, 1.54) is 12.1 Å². The zero-order valence-corrected chi connectivity index (χ0v) is 16.7. The molecule has 0 aliphatic heterocycles. The summed E-state index contributed by atoms with van der Waals surface area (Å²) < 4.78 is 32.4. The lowest BCUT2D eigenvalue weighted by Gasteiger charge is -1.99. The van der Waals surface area contributed by atoms with Gasteiger partial charge >= 0.3 is 8.25 Å². The Morgan fingerprint density at radius 2 is 1.25 bits per heavy atom. The second-order valence-corrected chi connectivity index (χ2v) is 8.42. The zero-order chi connectivity index (χ0) is 14.9. The molecule has 0 amide bonds. The fourth-order valence-electron chi connectivity index (χ4n) is 1.57. The minimum atomic E-state index is -1.93. The van der Waals surface area contributed by atoms with Crippen molar-refractivity contribution in [3.8, 4) is 0 Å². The van der Waals surface area contributed by atoms with Crippen LogP contribution >= 0.6 is 8.25 Å². The Kier molecular flexibility index (Phi) is 17.8. The van der Waals surface area contributed by atoms with Crippen molar-refractivity contribution in [2.45, 2.75) is 51.6 Å². The Morgan fingerprint density at radius 3 is 1.65 bits per heavy atom. The quantitative estimate of drug-likeness (QED) is 0.245. The first-order valence-electron chi connectivity index (χ1n) is 7.69. The van der Waals surface area contributed by atoms with E-state index in [-0.39, 0.29) is 19.5 Å². The molecule has 0 aromatic heterocycles. The van der Waals surface area contributed by atoms with Crippen LogP contribution in [-0.2, 0) is 22.5 Å². The van der Waals surface area contributed by atoms with Crippen LogP contribution in [0.25, 0.3) is 0 Å². The molecule has 0 unspecified atom stereocenters. The summed E-state index contributed by atoms with van der Waals surface area (Å²) in [7, 11) is -2.58. The summed E-state index contributed by atoms with van der Waals surface area (Å²) in [5.74, 6) is 0. The molecule has 0 bridgehead atoms. The van der Waals surface area contributed by atoms with Crippen LogP contribution in [0.5, 0.6) is 0 Å². The number of hydrogen-bond acceptors (Lipinski definition) is 5. The number of unbranched alkanes of at least 4 members (excludes halogenated alkanes) is 2. The third kappa shape index (κ3) is 16.4. The summed E-state index contributed by atoms with van der Waals surface area (Å²) in [5, 5.41) is 0. The summed E-state index contributed by atoms with van der Waals surface area (Å²) in [6.45, 7) is 6.75. The number of rotatable bonds is 16. The monoisotopic (exact) mass is 341 g/mol. The third-order valence-electron chi connectivity index (χ3n) is 2.67.